The van der Waals surface area contributed by atoms with Crippen molar-refractivity contribution in [3.05, 3.63) is 47.4 Å². The minimum Gasteiger partial charge on any atom is -0.334 e. The summed E-state index contributed by atoms with van der Waals surface area (Å²) in [5.74, 6) is -0.221. The van der Waals surface area contributed by atoms with Gasteiger partial charge in [-0.1, -0.05) is 18.2 Å². The summed E-state index contributed by atoms with van der Waals surface area (Å²) >= 11 is 0. The number of hydrogen-bond acceptors (Lipinski definition) is 4. The lowest BCUT2D eigenvalue weighted by molar-refractivity contribution is 0.0530. The number of amides is 2. The van der Waals surface area contributed by atoms with Crippen LogP contribution in [0.25, 0.3) is 10.9 Å². The third-order valence-electron chi connectivity index (χ3n) is 4.45. The van der Waals surface area contributed by atoms with E-state index in [0.717, 1.165) is 16.6 Å². The number of aryl methyl sites for hydroxylation is 1. The maximum absolute atomic E-state index is 12.7. The molecule has 0 unspecified atom stereocenters. The molecule has 2 aromatic heterocycles. The van der Waals surface area contributed by atoms with Crippen LogP contribution in [0.1, 0.15) is 26.7 Å². The number of aromatic amines is 2. The Morgan fingerprint density at radius 3 is 2.32 bits per heavy atom. The molecule has 1 aliphatic heterocycles. The Labute approximate surface area is 143 Å². The summed E-state index contributed by atoms with van der Waals surface area (Å²) in [4.78, 5) is 28.6. The van der Waals surface area contributed by atoms with Crippen molar-refractivity contribution in [3.63, 3.8) is 0 Å². The van der Waals surface area contributed by atoms with Gasteiger partial charge in [-0.05, 0) is 19.1 Å². The van der Waals surface area contributed by atoms with Crippen molar-refractivity contribution in [3.8, 4) is 0 Å². The average molecular weight is 338 g/mol. The Morgan fingerprint density at radius 2 is 1.64 bits per heavy atom. The van der Waals surface area contributed by atoms with Crippen molar-refractivity contribution in [2.45, 2.75) is 6.92 Å². The molecule has 0 bridgehead atoms. The van der Waals surface area contributed by atoms with Crippen LogP contribution in [0.4, 0.5) is 0 Å². The highest BCUT2D eigenvalue weighted by Gasteiger charge is 2.28. The smallest absolute Gasteiger partial charge is 0.275 e. The highest BCUT2D eigenvalue weighted by molar-refractivity contribution is 6.04. The van der Waals surface area contributed by atoms with Crippen LogP contribution in [0.2, 0.25) is 0 Å². The van der Waals surface area contributed by atoms with Gasteiger partial charge in [-0.25, -0.2) is 0 Å². The van der Waals surface area contributed by atoms with Crippen LogP contribution in [0.3, 0.4) is 0 Å². The maximum Gasteiger partial charge on any atom is 0.275 e. The first-order valence-electron chi connectivity index (χ1n) is 8.17. The second kappa shape index (κ2) is 6.04. The fraction of sp³-hybridized carbons (Fsp3) is 0.294. The number of nitrogens with one attached hydrogen (secondary N) is 2. The lowest BCUT2D eigenvalue weighted by atomic mass is 10.2. The van der Waals surface area contributed by atoms with Crippen molar-refractivity contribution in [1.29, 1.82) is 0 Å². The number of aromatic nitrogens is 4. The molecule has 8 nitrogen and oxygen atoms in total. The highest BCUT2D eigenvalue weighted by atomic mass is 16.2. The van der Waals surface area contributed by atoms with Gasteiger partial charge < -0.3 is 9.80 Å². The van der Waals surface area contributed by atoms with E-state index in [1.54, 1.807) is 15.9 Å². The summed E-state index contributed by atoms with van der Waals surface area (Å²) in [5, 5.41) is 14.7. The van der Waals surface area contributed by atoms with E-state index in [4.69, 9.17) is 0 Å². The highest BCUT2D eigenvalue weighted by Crippen LogP contribution is 2.18. The zero-order valence-electron chi connectivity index (χ0n) is 13.8. The Hall–Kier alpha value is -3.16. The number of carbonyl (C=O) groups is 2. The Kier molecular flexibility index (Phi) is 3.72. The van der Waals surface area contributed by atoms with Gasteiger partial charge in [0.25, 0.3) is 11.8 Å². The van der Waals surface area contributed by atoms with Gasteiger partial charge >= 0.3 is 0 Å². The summed E-state index contributed by atoms with van der Waals surface area (Å²) in [6.45, 7) is 3.79. The van der Waals surface area contributed by atoms with Crippen LogP contribution < -0.4 is 0 Å². The number of carbonyl (C=O) groups excluding carboxylic acids is 2. The molecular weight excluding hydrogens is 320 g/mol. The summed E-state index contributed by atoms with van der Waals surface area (Å²) in [7, 11) is 0. The molecule has 1 aliphatic rings. The summed E-state index contributed by atoms with van der Waals surface area (Å²) in [6, 6.07) is 9.29. The largest absolute Gasteiger partial charge is 0.334 e. The predicted molar refractivity (Wildman–Crippen MR) is 91.2 cm³/mol. The lowest BCUT2D eigenvalue weighted by Gasteiger charge is -2.34. The van der Waals surface area contributed by atoms with E-state index in [9.17, 15) is 9.59 Å². The molecule has 128 valence electrons. The minimum atomic E-state index is -0.111. The van der Waals surface area contributed by atoms with E-state index < -0.39 is 0 Å². The number of para-hydroxylation sites is 1. The van der Waals surface area contributed by atoms with E-state index >= 15 is 0 Å². The lowest BCUT2D eigenvalue weighted by Crippen LogP contribution is -2.50. The maximum atomic E-state index is 12.7. The standard InChI is InChI=1S/C17H18N6O2/c1-11-10-14(20-18-11)16(24)22-6-8-23(9-7-22)17(25)15-12-4-2-3-5-13(12)19-21-15/h2-5,10H,6-9H2,1H3,(H,18,20)(H,19,21). The van der Waals surface area contributed by atoms with Crippen molar-refractivity contribution in [2.75, 3.05) is 26.2 Å². The van der Waals surface area contributed by atoms with Crippen molar-refractivity contribution in [2.24, 2.45) is 0 Å². The number of piperazine rings is 1. The minimum absolute atomic E-state index is 0.110. The molecule has 0 atom stereocenters. The third-order valence-corrected chi connectivity index (χ3v) is 4.45. The van der Waals surface area contributed by atoms with E-state index in [1.165, 1.54) is 0 Å². The molecule has 0 saturated carbocycles. The number of rotatable bonds is 2. The first kappa shape index (κ1) is 15.4. The molecule has 3 heterocycles. The number of H-pyrrole nitrogens is 2. The van der Waals surface area contributed by atoms with E-state index in [2.05, 4.69) is 20.4 Å². The Morgan fingerprint density at radius 1 is 0.960 bits per heavy atom. The van der Waals surface area contributed by atoms with Crippen LogP contribution in [0.5, 0.6) is 0 Å². The van der Waals surface area contributed by atoms with Gasteiger partial charge in [0.2, 0.25) is 0 Å². The van der Waals surface area contributed by atoms with Gasteiger partial charge in [0.1, 0.15) is 5.69 Å². The van der Waals surface area contributed by atoms with Crippen LogP contribution in [-0.4, -0.2) is 68.2 Å². The van der Waals surface area contributed by atoms with Crippen LogP contribution in [-0.2, 0) is 0 Å². The first-order valence-corrected chi connectivity index (χ1v) is 8.17. The third kappa shape index (κ3) is 2.75. The zero-order valence-corrected chi connectivity index (χ0v) is 13.8. The monoisotopic (exact) mass is 338 g/mol. The van der Waals surface area contributed by atoms with E-state index in [-0.39, 0.29) is 11.8 Å². The van der Waals surface area contributed by atoms with Crippen LogP contribution in [0.15, 0.2) is 30.3 Å². The molecule has 0 aliphatic carbocycles. The summed E-state index contributed by atoms with van der Waals surface area (Å²) in [5.41, 5.74) is 2.53. The number of benzene rings is 1. The second-order valence-corrected chi connectivity index (χ2v) is 6.14. The molecule has 4 rings (SSSR count). The molecule has 1 aromatic carbocycles. The second-order valence-electron chi connectivity index (χ2n) is 6.14. The molecule has 0 spiro atoms. The quantitative estimate of drug-likeness (QED) is 0.733. The van der Waals surface area contributed by atoms with Crippen molar-refractivity contribution >= 4 is 22.7 Å². The van der Waals surface area contributed by atoms with Gasteiger partial charge in [0.05, 0.1) is 5.52 Å². The topological polar surface area (TPSA) is 98.0 Å². The number of hydrogen-bond donors (Lipinski definition) is 2. The van der Waals surface area contributed by atoms with Gasteiger partial charge in [-0.15, -0.1) is 0 Å². The molecule has 3 aromatic rings. The molecule has 25 heavy (non-hydrogen) atoms. The van der Waals surface area contributed by atoms with Gasteiger partial charge in [0.15, 0.2) is 5.69 Å². The fourth-order valence-electron chi connectivity index (χ4n) is 3.08. The summed E-state index contributed by atoms with van der Waals surface area (Å²) in [6.07, 6.45) is 0. The normalized spacial score (nSPS) is 14.9. The van der Waals surface area contributed by atoms with Crippen LogP contribution >= 0.6 is 0 Å². The van der Waals surface area contributed by atoms with Gasteiger partial charge in [-0.3, -0.25) is 19.8 Å². The van der Waals surface area contributed by atoms with Crippen molar-refractivity contribution in [1.82, 2.24) is 30.2 Å². The molecule has 0 radical (unpaired) electrons. The summed E-state index contributed by atoms with van der Waals surface area (Å²) < 4.78 is 0. The van der Waals surface area contributed by atoms with Crippen molar-refractivity contribution < 1.29 is 9.59 Å². The molecule has 2 N–H and O–H groups in total. The zero-order chi connectivity index (χ0) is 17.4. The molecule has 1 fully saturated rings. The fourth-order valence-corrected chi connectivity index (χ4v) is 3.08. The molecule has 2 amide bonds. The number of nitrogens with zero attached hydrogens (tertiary/aromatic N) is 4. The van der Waals surface area contributed by atoms with E-state index in [1.807, 2.05) is 31.2 Å². The average Bonchev–Trinajstić information content (AvgIpc) is 3.27. The van der Waals surface area contributed by atoms with Crippen LogP contribution in [0, 0.1) is 6.92 Å². The molecule has 1 saturated heterocycles. The SMILES string of the molecule is Cc1cc(C(=O)N2CCN(C(=O)c3n[nH]c4ccccc34)CC2)n[nH]1. The Bertz CT molecular complexity index is 935. The number of fused-ring (bicyclic) bond motifs is 1. The predicted octanol–water partition coefficient (Wildman–Crippen LogP) is 1.19. The molecular formula is C17H18N6O2. The van der Waals surface area contributed by atoms with Gasteiger partial charge in [-0.2, -0.15) is 10.2 Å². The van der Waals surface area contributed by atoms with E-state index in [0.29, 0.717) is 37.6 Å². The molecule has 8 heteroatoms. The van der Waals surface area contributed by atoms with Gasteiger partial charge in [0, 0.05) is 37.3 Å². The first-order chi connectivity index (χ1) is 12.1. The Balaban J connectivity index is 1.45.